The Hall–Kier alpha value is -1.95. The number of nitrogens with zero attached hydrogens (tertiary/aromatic N) is 3. The van der Waals surface area contributed by atoms with E-state index in [9.17, 15) is 0 Å². The van der Waals surface area contributed by atoms with E-state index >= 15 is 0 Å². The number of pyridine rings is 1. The van der Waals surface area contributed by atoms with Crippen LogP contribution in [0, 0.1) is 0 Å². The minimum atomic E-state index is 0.267. The van der Waals surface area contributed by atoms with E-state index in [2.05, 4.69) is 15.1 Å². The van der Waals surface area contributed by atoms with Crippen molar-refractivity contribution in [3.63, 3.8) is 0 Å². The van der Waals surface area contributed by atoms with Crippen LogP contribution in [0.25, 0.3) is 0 Å². The maximum atomic E-state index is 5.51. The van der Waals surface area contributed by atoms with Crippen molar-refractivity contribution in [2.45, 2.75) is 31.9 Å². The number of hydrogen-bond acceptors (Lipinski definition) is 6. The van der Waals surface area contributed by atoms with Crippen LogP contribution in [-0.2, 0) is 13.2 Å². The first-order chi connectivity index (χ1) is 8.85. The molecule has 1 saturated carbocycles. The highest BCUT2D eigenvalue weighted by molar-refractivity contribution is 5.19. The van der Waals surface area contributed by atoms with Gasteiger partial charge in [-0.15, -0.1) is 0 Å². The number of ether oxygens (including phenoxy) is 1. The molecule has 0 saturated heterocycles. The fraction of sp³-hybridized carbons (Fsp3) is 0.417. The molecule has 0 bridgehead atoms. The van der Waals surface area contributed by atoms with Crippen LogP contribution >= 0.6 is 0 Å². The maximum absolute atomic E-state index is 5.51. The van der Waals surface area contributed by atoms with Crippen molar-refractivity contribution in [2.24, 2.45) is 5.73 Å². The smallest absolute Gasteiger partial charge is 0.264 e. The van der Waals surface area contributed by atoms with Crippen LogP contribution in [0.3, 0.4) is 0 Å². The zero-order chi connectivity index (χ0) is 12.4. The molecule has 0 aromatic carbocycles. The second kappa shape index (κ2) is 4.73. The standard InChI is InChI=1S/C12H14N4O2/c13-5-9-3-4-10(6-14-9)17-7-11-15-12(16-18-11)8-1-2-8/h3-4,6,8H,1-2,5,7,13H2. The van der Waals surface area contributed by atoms with E-state index in [1.807, 2.05) is 12.1 Å². The second-order valence-corrected chi connectivity index (χ2v) is 4.30. The molecular weight excluding hydrogens is 232 g/mol. The highest BCUT2D eigenvalue weighted by atomic mass is 16.5. The predicted molar refractivity (Wildman–Crippen MR) is 62.7 cm³/mol. The van der Waals surface area contributed by atoms with Gasteiger partial charge in [0.1, 0.15) is 5.75 Å². The monoisotopic (exact) mass is 246 g/mol. The molecule has 6 nitrogen and oxygen atoms in total. The third-order valence-corrected chi connectivity index (χ3v) is 2.80. The summed E-state index contributed by atoms with van der Waals surface area (Å²) in [5.41, 5.74) is 6.30. The van der Waals surface area contributed by atoms with E-state index in [0.717, 1.165) is 24.4 Å². The highest BCUT2D eigenvalue weighted by Crippen LogP contribution is 2.38. The Kier molecular flexibility index (Phi) is 2.93. The van der Waals surface area contributed by atoms with E-state index in [0.29, 0.717) is 24.1 Å². The Labute approximate surface area is 104 Å². The molecule has 2 aromatic rings. The highest BCUT2D eigenvalue weighted by Gasteiger charge is 2.28. The van der Waals surface area contributed by atoms with Gasteiger partial charge in [0.25, 0.3) is 5.89 Å². The summed E-state index contributed by atoms with van der Waals surface area (Å²) in [4.78, 5) is 8.41. The summed E-state index contributed by atoms with van der Waals surface area (Å²) in [7, 11) is 0. The fourth-order valence-corrected chi connectivity index (χ4v) is 1.60. The Bertz CT molecular complexity index is 519. The van der Waals surface area contributed by atoms with Gasteiger partial charge in [-0.25, -0.2) is 0 Å². The minimum absolute atomic E-state index is 0.267. The van der Waals surface area contributed by atoms with Crippen LogP contribution in [-0.4, -0.2) is 15.1 Å². The average molecular weight is 246 g/mol. The van der Waals surface area contributed by atoms with Crippen molar-refractivity contribution in [1.29, 1.82) is 0 Å². The zero-order valence-corrected chi connectivity index (χ0v) is 9.87. The van der Waals surface area contributed by atoms with Gasteiger partial charge in [-0.3, -0.25) is 4.98 Å². The van der Waals surface area contributed by atoms with Gasteiger partial charge in [0.15, 0.2) is 12.4 Å². The van der Waals surface area contributed by atoms with E-state index in [-0.39, 0.29) is 6.61 Å². The molecular formula is C12H14N4O2. The number of rotatable bonds is 5. The molecule has 1 aliphatic rings. The van der Waals surface area contributed by atoms with E-state index in [4.69, 9.17) is 15.0 Å². The van der Waals surface area contributed by atoms with E-state index < -0.39 is 0 Å². The molecule has 1 aliphatic carbocycles. The summed E-state index contributed by atoms with van der Waals surface area (Å²) in [5.74, 6) is 2.45. The van der Waals surface area contributed by atoms with Crippen LogP contribution in [0.1, 0.15) is 36.2 Å². The lowest BCUT2D eigenvalue weighted by atomic mass is 10.3. The molecule has 0 aliphatic heterocycles. The van der Waals surface area contributed by atoms with Crippen molar-refractivity contribution < 1.29 is 9.26 Å². The van der Waals surface area contributed by atoms with Crippen molar-refractivity contribution in [2.75, 3.05) is 0 Å². The second-order valence-electron chi connectivity index (χ2n) is 4.30. The summed E-state index contributed by atoms with van der Waals surface area (Å²) in [6.07, 6.45) is 3.95. The van der Waals surface area contributed by atoms with Crippen molar-refractivity contribution >= 4 is 0 Å². The molecule has 2 aromatic heterocycles. The SMILES string of the molecule is NCc1ccc(OCc2nc(C3CC3)no2)cn1. The normalized spacial score (nSPS) is 14.7. The fourth-order valence-electron chi connectivity index (χ4n) is 1.60. The van der Waals surface area contributed by atoms with Crippen molar-refractivity contribution in [3.8, 4) is 5.75 Å². The van der Waals surface area contributed by atoms with Gasteiger partial charge in [-0.1, -0.05) is 5.16 Å². The first kappa shape index (κ1) is 11.2. The number of aromatic nitrogens is 3. The molecule has 3 rings (SSSR count). The van der Waals surface area contributed by atoms with Gasteiger partial charge in [0, 0.05) is 12.5 Å². The van der Waals surface area contributed by atoms with Crippen LogP contribution in [0.15, 0.2) is 22.9 Å². The summed E-state index contributed by atoms with van der Waals surface area (Å²) in [5, 5.41) is 3.92. The van der Waals surface area contributed by atoms with Gasteiger partial charge >= 0.3 is 0 Å². The van der Waals surface area contributed by atoms with Crippen LogP contribution in [0.2, 0.25) is 0 Å². The molecule has 0 unspecified atom stereocenters. The first-order valence-electron chi connectivity index (χ1n) is 5.95. The van der Waals surface area contributed by atoms with Gasteiger partial charge < -0.3 is 15.0 Å². The Balaban J connectivity index is 1.58. The molecule has 18 heavy (non-hydrogen) atoms. The molecule has 0 radical (unpaired) electrons. The average Bonchev–Trinajstić information content (AvgIpc) is 3.16. The van der Waals surface area contributed by atoms with Crippen LogP contribution in [0.4, 0.5) is 0 Å². The molecule has 94 valence electrons. The molecule has 2 N–H and O–H groups in total. The lowest BCUT2D eigenvalue weighted by molar-refractivity contribution is 0.241. The number of nitrogens with two attached hydrogens (primary N) is 1. The summed E-state index contributed by atoms with van der Waals surface area (Å²) in [6.45, 7) is 0.693. The predicted octanol–water partition coefficient (Wildman–Crippen LogP) is 1.38. The first-order valence-corrected chi connectivity index (χ1v) is 5.95. The van der Waals surface area contributed by atoms with Crippen LogP contribution in [0.5, 0.6) is 5.75 Å². The van der Waals surface area contributed by atoms with Crippen molar-refractivity contribution in [3.05, 3.63) is 35.7 Å². The lowest BCUT2D eigenvalue weighted by Gasteiger charge is -2.02. The Morgan fingerprint density at radius 1 is 1.39 bits per heavy atom. The Morgan fingerprint density at radius 2 is 2.28 bits per heavy atom. The molecule has 1 fully saturated rings. The Morgan fingerprint density at radius 3 is 2.94 bits per heavy atom. The maximum Gasteiger partial charge on any atom is 0.264 e. The largest absolute Gasteiger partial charge is 0.482 e. The summed E-state index contributed by atoms with van der Waals surface area (Å²) >= 11 is 0. The topological polar surface area (TPSA) is 87.1 Å². The van der Waals surface area contributed by atoms with Gasteiger partial charge in [0.2, 0.25) is 0 Å². The van der Waals surface area contributed by atoms with Crippen molar-refractivity contribution in [1.82, 2.24) is 15.1 Å². The minimum Gasteiger partial charge on any atom is -0.482 e. The van der Waals surface area contributed by atoms with E-state index in [1.165, 1.54) is 0 Å². The molecule has 0 atom stereocenters. The molecule has 0 amide bonds. The summed E-state index contributed by atoms with van der Waals surface area (Å²) in [6, 6.07) is 3.66. The van der Waals surface area contributed by atoms with E-state index in [1.54, 1.807) is 6.20 Å². The summed E-state index contributed by atoms with van der Waals surface area (Å²) < 4.78 is 10.6. The molecule has 0 spiro atoms. The quantitative estimate of drug-likeness (QED) is 0.857. The lowest BCUT2D eigenvalue weighted by Crippen LogP contribution is -2.00. The third kappa shape index (κ3) is 2.48. The molecule has 6 heteroatoms. The van der Waals surface area contributed by atoms with Gasteiger partial charge in [0.05, 0.1) is 11.9 Å². The third-order valence-electron chi connectivity index (χ3n) is 2.80. The number of hydrogen-bond donors (Lipinski definition) is 1. The van der Waals surface area contributed by atoms with Gasteiger partial charge in [-0.05, 0) is 25.0 Å². The molecule has 2 heterocycles. The van der Waals surface area contributed by atoms with Gasteiger partial charge in [-0.2, -0.15) is 4.98 Å². The zero-order valence-electron chi connectivity index (χ0n) is 9.87. The van der Waals surface area contributed by atoms with Crippen LogP contribution < -0.4 is 10.5 Å².